The lowest BCUT2D eigenvalue weighted by molar-refractivity contribution is -0.121. The van der Waals surface area contributed by atoms with Gasteiger partial charge in [-0.3, -0.25) is 4.79 Å². The van der Waals surface area contributed by atoms with Crippen LogP contribution in [0.2, 0.25) is 0 Å². The van der Waals surface area contributed by atoms with E-state index in [0.29, 0.717) is 17.9 Å². The van der Waals surface area contributed by atoms with Crippen molar-refractivity contribution >= 4 is 17.6 Å². The van der Waals surface area contributed by atoms with E-state index in [9.17, 15) is 14.0 Å². The maximum Gasteiger partial charge on any atom is 0.342 e. The summed E-state index contributed by atoms with van der Waals surface area (Å²) < 4.78 is 19.8. The minimum Gasteiger partial charge on any atom is -0.452 e. The van der Waals surface area contributed by atoms with E-state index >= 15 is 0 Å². The minimum atomic E-state index is -0.619. The number of hydrogen-bond donors (Lipinski definition) is 0. The van der Waals surface area contributed by atoms with Crippen molar-refractivity contribution in [2.24, 2.45) is 0 Å². The van der Waals surface area contributed by atoms with Crippen molar-refractivity contribution in [3.05, 3.63) is 77.4 Å². The molecule has 0 N–H and O–H groups in total. The molecule has 1 aliphatic rings. The van der Waals surface area contributed by atoms with E-state index in [4.69, 9.17) is 4.74 Å². The SMILES string of the molecule is Cc1c(C(=O)OCC(=O)N2CCc3ccccc32)cnn1-c1ccc(F)cc1. The summed E-state index contributed by atoms with van der Waals surface area (Å²) in [6.45, 7) is 1.96. The summed E-state index contributed by atoms with van der Waals surface area (Å²) in [5, 5.41) is 4.17. The van der Waals surface area contributed by atoms with Crippen LogP contribution in [0.4, 0.5) is 10.1 Å². The molecule has 28 heavy (non-hydrogen) atoms. The van der Waals surface area contributed by atoms with Gasteiger partial charge in [0.05, 0.1) is 17.6 Å². The van der Waals surface area contributed by atoms with Crippen LogP contribution in [0.5, 0.6) is 0 Å². The normalized spacial score (nSPS) is 12.7. The third-order valence-corrected chi connectivity index (χ3v) is 4.82. The number of carbonyl (C=O) groups excluding carboxylic acids is 2. The molecular formula is C21H18FN3O3. The van der Waals surface area contributed by atoms with Crippen molar-refractivity contribution in [2.45, 2.75) is 13.3 Å². The monoisotopic (exact) mass is 379 g/mol. The van der Waals surface area contributed by atoms with Gasteiger partial charge in [0.15, 0.2) is 6.61 Å². The number of nitrogens with zero attached hydrogens (tertiary/aromatic N) is 3. The lowest BCUT2D eigenvalue weighted by Crippen LogP contribution is -2.33. The number of aromatic nitrogens is 2. The zero-order chi connectivity index (χ0) is 19.7. The highest BCUT2D eigenvalue weighted by atomic mass is 19.1. The van der Waals surface area contributed by atoms with Crippen molar-refractivity contribution in [1.82, 2.24) is 9.78 Å². The van der Waals surface area contributed by atoms with Crippen LogP contribution in [-0.2, 0) is 16.0 Å². The maximum atomic E-state index is 13.1. The van der Waals surface area contributed by atoms with Crippen LogP contribution in [-0.4, -0.2) is 34.8 Å². The van der Waals surface area contributed by atoms with Gasteiger partial charge in [0.25, 0.3) is 5.91 Å². The van der Waals surface area contributed by atoms with Gasteiger partial charge in [-0.1, -0.05) is 18.2 Å². The smallest absolute Gasteiger partial charge is 0.342 e. The molecule has 6 nitrogen and oxygen atoms in total. The number of fused-ring (bicyclic) bond motifs is 1. The predicted octanol–water partition coefficient (Wildman–Crippen LogP) is 3.07. The zero-order valence-corrected chi connectivity index (χ0v) is 15.3. The summed E-state index contributed by atoms with van der Waals surface area (Å²) in [6.07, 6.45) is 2.18. The van der Waals surface area contributed by atoms with Gasteiger partial charge in [-0.25, -0.2) is 13.9 Å². The van der Waals surface area contributed by atoms with E-state index in [1.807, 2.05) is 24.3 Å². The van der Waals surface area contributed by atoms with E-state index in [0.717, 1.165) is 17.7 Å². The summed E-state index contributed by atoms with van der Waals surface area (Å²) >= 11 is 0. The number of para-hydroxylation sites is 1. The van der Waals surface area contributed by atoms with E-state index in [2.05, 4.69) is 5.10 Å². The maximum absolute atomic E-state index is 13.1. The summed E-state index contributed by atoms with van der Waals surface area (Å²) in [7, 11) is 0. The van der Waals surface area contributed by atoms with Crippen molar-refractivity contribution in [3.8, 4) is 5.69 Å². The number of esters is 1. The molecule has 4 rings (SSSR count). The number of benzene rings is 2. The third-order valence-electron chi connectivity index (χ3n) is 4.82. The lowest BCUT2D eigenvalue weighted by atomic mass is 10.2. The number of anilines is 1. The molecule has 0 fully saturated rings. The molecule has 1 aromatic heterocycles. The molecule has 0 saturated carbocycles. The van der Waals surface area contributed by atoms with Crippen molar-refractivity contribution < 1.29 is 18.7 Å². The Morgan fingerprint density at radius 3 is 2.68 bits per heavy atom. The predicted molar refractivity (Wildman–Crippen MR) is 101 cm³/mol. The second-order valence-electron chi connectivity index (χ2n) is 6.53. The Kier molecular flexibility index (Phi) is 4.65. The summed E-state index contributed by atoms with van der Waals surface area (Å²) in [6, 6.07) is 13.5. The first-order valence-electron chi connectivity index (χ1n) is 8.90. The van der Waals surface area contributed by atoms with Gasteiger partial charge in [-0.15, -0.1) is 0 Å². The Balaban J connectivity index is 1.43. The Morgan fingerprint density at radius 2 is 1.89 bits per heavy atom. The molecule has 3 aromatic rings. The highest BCUT2D eigenvalue weighted by molar-refractivity contribution is 5.98. The van der Waals surface area contributed by atoms with Crippen LogP contribution in [0.15, 0.2) is 54.7 Å². The summed E-state index contributed by atoms with van der Waals surface area (Å²) in [5.74, 6) is -1.23. The van der Waals surface area contributed by atoms with Crippen molar-refractivity contribution in [1.29, 1.82) is 0 Å². The van der Waals surface area contributed by atoms with Gasteiger partial charge < -0.3 is 9.64 Å². The van der Waals surface area contributed by atoms with Gasteiger partial charge in [-0.2, -0.15) is 5.10 Å². The summed E-state index contributed by atoms with van der Waals surface area (Å²) in [4.78, 5) is 26.5. The van der Waals surface area contributed by atoms with Crippen LogP contribution in [0.3, 0.4) is 0 Å². The summed E-state index contributed by atoms with van der Waals surface area (Å²) in [5.41, 5.74) is 3.42. The highest BCUT2D eigenvalue weighted by Gasteiger charge is 2.25. The molecule has 7 heteroatoms. The standard InChI is InChI=1S/C21H18FN3O3/c1-14-18(12-23-25(14)17-8-6-16(22)7-9-17)21(27)28-13-20(26)24-11-10-15-4-2-3-5-19(15)24/h2-9,12H,10-11,13H2,1H3. The number of amides is 1. The molecule has 0 aliphatic carbocycles. The molecule has 1 aliphatic heterocycles. The van der Waals surface area contributed by atoms with Gasteiger partial charge in [0.2, 0.25) is 0 Å². The topological polar surface area (TPSA) is 64.4 Å². The molecule has 142 valence electrons. The molecule has 1 amide bonds. The second-order valence-corrected chi connectivity index (χ2v) is 6.53. The number of rotatable bonds is 4. The molecule has 0 radical (unpaired) electrons. The quantitative estimate of drug-likeness (QED) is 0.654. The van der Waals surface area contributed by atoms with Crippen LogP contribution < -0.4 is 4.90 Å². The number of carbonyl (C=O) groups is 2. The molecular weight excluding hydrogens is 361 g/mol. The van der Waals surface area contributed by atoms with E-state index < -0.39 is 5.97 Å². The number of halogens is 1. The Morgan fingerprint density at radius 1 is 1.14 bits per heavy atom. The Bertz CT molecular complexity index is 1040. The van der Waals surface area contributed by atoms with Gasteiger partial charge in [-0.05, 0) is 49.2 Å². The van der Waals surface area contributed by atoms with Crippen LogP contribution in [0, 0.1) is 12.7 Å². The van der Waals surface area contributed by atoms with E-state index in [1.54, 1.807) is 24.0 Å². The van der Waals surface area contributed by atoms with Crippen LogP contribution >= 0.6 is 0 Å². The van der Waals surface area contributed by atoms with E-state index in [1.165, 1.54) is 23.0 Å². The number of ether oxygens (including phenoxy) is 1. The second kappa shape index (κ2) is 7.26. The molecule has 2 heterocycles. The van der Waals surface area contributed by atoms with Crippen molar-refractivity contribution in [3.63, 3.8) is 0 Å². The van der Waals surface area contributed by atoms with Crippen LogP contribution in [0.25, 0.3) is 5.69 Å². The van der Waals surface area contributed by atoms with Gasteiger partial charge in [0, 0.05) is 12.2 Å². The van der Waals surface area contributed by atoms with E-state index in [-0.39, 0.29) is 23.9 Å². The van der Waals surface area contributed by atoms with Gasteiger partial charge in [0.1, 0.15) is 11.4 Å². The Hall–Kier alpha value is -3.48. The molecule has 0 atom stereocenters. The fraction of sp³-hybridized carbons (Fsp3) is 0.190. The Labute approximate surface area is 161 Å². The highest BCUT2D eigenvalue weighted by Crippen LogP contribution is 2.27. The average Bonchev–Trinajstić information content (AvgIpc) is 3.30. The average molecular weight is 379 g/mol. The first-order chi connectivity index (χ1) is 13.5. The third kappa shape index (κ3) is 3.26. The first-order valence-corrected chi connectivity index (χ1v) is 8.90. The number of hydrogen-bond acceptors (Lipinski definition) is 4. The molecule has 0 bridgehead atoms. The van der Waals surface area contributed by atoms with Gasteiger partial charge >= 0.3 is 5.97 Å². The first kappa shape index (κ1) is 17.9. The molecule has 0 unspecified atom stereocenters. The minimum absolute atomic E-state index is 0.262. The van der Waals surface area contributed by atoms with Crippen LogP contribution in [0.1, 0.15) is 21.6 Å². The van der Waals surface area contributed by atoms with Crippen molar-refractivity contribution in [2.75, 3.05) is 18.1 Å². The fourth-order valence-corrected chi connectivity index (χ4v) is 3.33. The lowest BCUT2D eigenvalue weighted by Gasteiger charge is -2.17. The zero-order valence-electron chi connectivity index (χ0n) is 15.3. The largest absolute Gasteiger partial charge is 0.452 e. The fourth-order valence-electron chi connectivity index (χ4n) is 3.33. The molecule has 0 spiro atoms. The molecule has 0 saturated heterocycles. The molecule has 2 aromatic carbocycles.